The first kappa shape index (κ1) is 10.6. The summed E-state index contributed by atoms with van der Waals surface area (Å²) in [7, 11) is 1.64. The van der Waals surface area contributed by atoms with Crippen molar-refractivity contribution < 1.29 is 4.79 Å². The maximum atomic E-state index is 10.1. The van der Waals surface area contributed by atoms with Crippen molar-refractivity contribution in [3.8, 4) is 0 Å². The minimum Gasteiger partial charge on any atom is -0.299 e. The molecule has 0 aliphatic carbocycles. The predicted molar refractivity (Wildman–Crippen MR) is 56.9 cm³/mol. The van der Waals surface area contributed by atoms with E-state index in [1.54, 1.807) is 25.3 Å². The van der Waals surface area contributed by atoms with Gasteiger partial charge in [-0.2, -0.15) is 0 Å². The van der Waals surface area contributed by atoms with Gasteiger partial charge in [-0.15, -0.1) is 0 Å². The van der Waals surface area contributed by atoms with Gasteiger partial charge in [0.2, 0.25) is 0 Å². The molecule has 72 valence electrons. The second kappa shape index (κ2) is 5.29. The van der Waals surface area contributed by atoms with Crippen LogP contribution in [-0.4, -0.2) is 24.0 Å². The van der Waals surface area contributed by atoms with Crippen LogP contribution in [0.4, 0.5) is 0 Å². The summed E-state index contributed by atoms with van der Waals surface area (Å²) < 4.78 is 0. The SMILES string of the molecule is CN=C(/C=C\C=O)c1ccc(Cl)cn1. The van der Waals surface area contributed by atoms with E-state index in [1.807, 2.05) is 0 Å². The molecule has 1 aromatic rings. The van der Waals surface area contributed by atoms with Crippen molar-refractivity contribution in [2.24, 2.45) is 4.99 Å². The second-order valence-corrected chi connectivity index (χ2v) is 2.90. The molecule has 3 nitrogen and oxygen atoms in total. The molecule has 1 aromatic heterocycles. The predicted octanol–water partition coefficient (Wildman–Crippen LogP) is 1.91. The van der Waals surface area contributed by atoms with Crippen molar-refractivity contribution in [2.75, 3.05) is 7.05 Å². The third-order valence-electron chi connectivity index (χ3n) is 1.56. The van der Waals surface area contributed by atoms with E-state index in [0.29, 0.717) is 22.7 Å². The van der Waals surface area contributed by atoms with Crippen molar-refractivity contribution in [1.29, 1.82) is 0 Å². The average Bonchev–Trinajstić information content (AvgIpc) is 2.21. The van der Waals surface area contributed by atoms with Gasteiger partial charge >= 0.3 is 0 Å². The Hall–Kier alpha value is -1.48. The van der Waals surface area contributed by atoms with Crippen molar-refractivity contribution >= 4 is 23.6 Å². The van der Waals surface area contributed by atoms with Gasteiger partial charge in [-0.3, -0.25) is 14.8 Å². The second-order valence-electron chi connectivity index (χ2n) is 2.47. The third-order valence-corrected chi connectivity index (χ3v) is 1.79. The Bertz CT molecular complexity index is 368. The zero-order chi connectivity index (χ0) is 10.4. The van der Waals surface area contributed by atoms with Crippen LogP contribution in [0.5, 0.6) is 0 Å². The summed E-state index contributed by atoms with van der Waals surface area (Å²) in [6, 6.07) is 3.48. The highest BCUT2D eigenvalue weighted by Crippen LogP contribution is 2.07. The first-order valence-electron chi connectivity index (χ1n) is 3.98. The normalized spacial score (nSPS) is 12.0. The lowest BCUT2D eigenvalue weighted by Crippen LogP contribution is -1.99. The monoisotopic (exact) mass is 208 g/mol. The molecule has 0 fully saturated rings. The molecule has 1 heterocycles. The van der Waals surface area contributed by atoms with Gasteiger partial charge in [0.05, 0.1) is 16.4 Å². The fraction of sp³-hybridized carbons (Fsp3) is 0.100. The Balaban J connectivity index is 2.96. The first-order valence-corrected chi connectivity index (χ1v) is 4.36. The standard InChI is InChI=1S/C10H9ClN2O/c1-12-9(3-2-6-14)10-5-4-8(11)7-13-10/h2-7H,1H3/b3-2-,12-9?. The number of carbonyl (C=O) groups excluding carboxylic acids is 1. The smallest absolute Gasteiger partial charge is 0.142 e. The van der Waals surface area contributed by atoms with E-state index >= 15 is 0 Å². The highest BCUT2D eigenvalue weighted by atomic mass is 35.5. The van der Waals surface area contributed by atoms with Crippen molar-refractivity contribution in [1.82, 2.24) is 4.98 Å². The molecule has 0 bridgehead atoms. The van der Waals surface area contributed by atoms with Gasteiger partial charge in [-0.25, -0.2) is 0 Å². The van der Waals surface area contributed by atoms with Crippen LogP contribution in [0.25, 0.3) is 0 Å². The van der Waals surface area contributed by atoms with Gasteiger partial charge in [-0.1, -0.05) is 11.6 Å². The number of halogens is 1. The quantitative estimate of drug-likeness (QED) is 0.433. The number of aliphatic imine (C=N–C) groups is 1. The summed E-state index contributed by atoms with van der Waals surface area (Å²) in [6.07, 6.45) is 5.21. The maximum absolute atomic E-state index is 10.1. The fourth-order valence-corrected chi connectivity index (χ4v) is 1.04. The van der Waals surface area contributed by atoms with Gasteiger partial charge in [0.15, 0.2) is 0 Å². The molecule has 0 aliphatic heterocycles. The molecule has 0 radical (unpaired) electrons. The number of carbonyl (C=O) groups is 1. The highest BCUT2D eigenvalue weighted by Gasteiger charge is 1.99. The van der Waals surface area contributed by atoms with Crippen LogP contribution in [0.3, 0.4) is 0 Å². The van der Waals surface area contributed by atoms with Crippen molar-refractivity contribution in [3.63, 3.8) is 0 Å². The summed E-state index contributed by atoms with van der Waals surface area (Å²) >= 11 is 5.69. The zero-order valence-electron chi connectivity index (χ0n) is 7.64. The summed E-state index contributed by atoms with van der Waals surface area (Å²) in [5, 5.41) is 0.573. The summed E-state index contributed by atoms with van der Waals surface area (Å²) in [5.41, 5.74) is 1.34. The largest absolute Gasteiger partial charge is 0.299 e. The molecule has 14 heavy (non-hydrogen) atoms. The lowest BCUT2D eigenvalue weighted by molar-refractivity contribution is -0.104. The number of rotatable bonds is 3. The van der Waals surface area contributed by atoms with E-state index in [-0.39, 0.29) is 0 Å². The number of hydrogen-bond donors (Lipinski definition) is 0. The Labute approximate surface area is 87.1 Å². The van der Waals surface area contributed by atoms with Crippen LogP contribution in [0.15, 0.2) is 35.5 Å². The lowest BCUT2D eigenvalue weighted by atomic mass is 10.2. The van der Waals surface area contributed by atoms with Crippen molar-refractivity contribution in [3.05, 3.63) is 41.2 Å². The van der Waals surface area contributed by atoms with E-state index < -0.39 is 0 Å². The van der Waals surface area contributed by atoms with Crippen molar-refractivity contribution in [2.45, 2.75) is 0 Å². The molecule has 1 rings (SSSR count). The minimum absolute atomic E-state index is 0.573. The van der Waals surface area contributed by atoms with Crippen LogP contribution in [0.2, 0.25) is 5.02 Å². The number of aromatic nitrogens is 1. The number of pyridine rings is 1. The van der Waals surface area contributed by atoms with Crippen LogP contribution >= 0.6 is 11.6 Å². The lowest BCUT2D eigenvalue weighted by Gasteiger charge is -1.98. The Morgan fingerprint density at radius 1 is 1.57 bits per heavy atom. The molecule has 0 amide bonds. The molecular formula is C10H9ClN2O. The van der Waals surface area contributed by atoms with Gasteiger partial charge in [0.25, 0.3) is 0 Å². The number of aldehydes is 1. The maximum Gasteiger partial charge on any atom is 0.142 e. The third kappa shape index (κ3) is 2.78. The Kier molecular flexibility index (Phi) is 4.01. The topological polar surface area (TPSA) is 42.3 Å². The Morgan fingerprint density at radius 2 is 2.36 bits per heavy atom. The van der Waals surface area contributed by atoms with E-state index in [4.69, 9.17) is 11.6 Å². The molecule has 4 heteroatoms. The van der Waals surface area contributed by atoms with E-state index in [2.05, 4.69) is 9.98 Å². The average molecular weight is 209 g/mol. The van der Waals surface area contributed by atoms with Gasteiger partial charge in [-0.05, 0) is 24.3 Å². The minimum atomic E-state index is 0.573. The molecule has 0 N–H and O–H groups in total. The molecule has 0 saturated carbocycles. The van der Waals surface area contributed by atoms with Crippen LogP contribution in [0, 0.1) is 0 Å². The molecular weight excluding hydrogens is 200 g/mol. The van der Waals surface area contributed by atoms with Crippen LogP contribution < -0.4 is 0 Å². The molecule has 0 atom stereocenters. The number of nitrogens with zero attached hydrogens (tertiary/aromatic N) is 2. The van der Waals surface area contributed by atoms with E-state index in [9.17, 15) is 4.79 Å². The van der Waals surface area contributed by atoms with E-state index in [1.165, 1.54) is 12.3 Å². The number of allylic oxidation sites excluding steroid dienone is 2. The molecule has 0 unspecified atom stereocenters. The van der Waals surface area contributed by atoms with Gasteiger partial charge in [0.1, 0.15) is 6.29 Å². The summed E-state index contributed by atoms with van der Waals surface area (Å²) in [4.78, 5) is 18.2. The van der Waals surface area contributed by atoms with Gasteiger partial charge < -0.3 is 0 Å². The molecule has 0 aliphatic rings. The molecule has 0 aromatic carbocycles. The molecule has 0 saturated heterocycles. The fourth-order valence-electron chi connectivity index (χ4n) is 0.932. The van der Waals surface area contributed by atoms with E-state index in [0.717, 1.165) is 0 Å². The first-order chi connectivity index (χ1) is 6.77. The van der Waals surface area contributed by atoms with Gasteiger partial charge in [0, 0.05) is 13.2 Å². The van der Waals surface area contributed by atoms with Crippen LogP contribution in [-0.2, 0) is 4.79 Å². The highest BCUT2D eigenvalue weighted by molar-refractivity contribution is 6.30. The Morgan fingerprint density at radius 3 is 2.86 bits per heavy atom. The molecule has 0 spiro atoms. The number of hydrogen-bond acceptors (Lipinski definition) is 3. The summed E-state index contributed by atoms with van der Waals surface area (Å²) in [5.74, 6) is 0. The van der Waals surface area contributed by atoms with Crippen LogP contribution in [0.1, 0.15) is 5.69 Å². The summed E-state index contributed by atoms with van der Waals surface area (Å²) in [6.45, 7) is 0. The zero-order valence-corrected chi connectivity index (χ0v) is 8.40.